The number of carbonyl (C=O) groups is 1. The molecule has 0 N–H and O–H groups in total. The molecule has 1 unspecified atom stereocenters. The van der Waals surface area contributed by atoms with Crippen LogP contribution < -0.4 is 0 Å². The fourth-order valence-corrected chi connectivity index (χ4v) is 4.43. The number of hydrogen-bond donors (Lipinski definition) is 0. The summed E-state index contributed by atoms with van der Waals surface area (Å²) >= 11 is 0. The minimum atomic E-state index is -1.53. The van der Waals surface area contributed by atoms with Gasteiger partial charge in [0, 0.05) is 41.1 Å². The topological polar surface area (TPSA) is 73.1 Å². The van der Waals surface area contributed by atoms with E-state index in [9.17, 15) is 9.00 Å². The summed E-state index contributed by atoms with van der Waals surface area (Å²) in [7, 11) is -0.212. The van der Waals surface area contributed by atoms with E-state index in [2.05, 4.69) is 4.98 Å². The van der Waals surface area contributed by atoms with Crippen molar-refractivity contribution in [1.82, 2.24) is 14.3 Å². The maximum atomic E-state index is 15.0. The van der Waals surface area contributed by atoms with Crippen LogP contribution in [0.2, 0.25) is 0 Å². The van der Waals surface area contributed by atoms with Crippen LogP contribution in [0.25, 0.3) is 16.9 Å². The third-order valence-corrected chi connectivity index (χ3v) is 6.36. The van der Waals surface area contributed by atoms with Gasteiger partial charge in [-0.2, -0.15) is 0 Å². The second-order valence-corrected chi connectivity index (χ2v) is 9.05. The van der Waals surface area contributed by atoms with Gasteiger partial charge in [-0.15, -0.1) is 0 Å². The van der Waals surface area contributed by atoms with Crippen molar-refractivity contribution in [2.45, 2.75) is 24.3 Å². The van der Waals surface area contributed by atoms with Gasteiger partial charge < -0.3 is 18.8 Å². The largest absolute Gasteiger partial charge is 0.453 e. The first-order valence-electron chi connectivity index (χ1n) is 10.0. The Balaban J connectivity index is 1.80. The van der Waals surface area contributed by atoms with Gasteiger partial charge in [-0.25, -0.2) is 18.6 Å². The fourth-order valence-electron chi connectivity index (χ4n) is 3.89. The first kappa shape index (κ1) is 22.3. The molecule has 170 valence electrons. The summed E-state index contributed by atoms with van der Waals surface area (Å²) in [6, 6.07) is 5.84. The number of aromatic nitrogens is 2. The van der Waals surface area contributed by atoms with Gasteiger partial charge in [-0.05, 0) is 36.8 Å². The van der Waals surface area contributed by atoms with Crippen molar-refractivity contribution in [3.8, 4) is 11.3 Å². The van der Waals surface area contributed by atoms with Crippen LogP contribution in [0.5, 0.6) is 0 Å². The second kappa shape index (κ2) is 8.95. The lowest BCUT2D eigenvalue weighted by molar-refractivity contribution is -0.0241. The number of ether oxygens (including phenoxy) is 2. The number of pyridine rings is 1. The van der Waals surface area contributed by atoms with E-state index >= 15 is 8.78 Å². The van der Waals surface area contributed by atoms with Crippen LogP contribution >= 0.6 is 0 Å². The number of hydrogen-bond acceptors (Lipinski definition) is 5. The van der Waals surface area contributed by atoms with Crippen LogP contribution in [0.15, 0.2) is 35.4 Å². The molecule has 1 aliphatic heterocycles. The molecule has 0 spiro atoms. The number of fused-ring (bicyclic) bond motifs is 1. The summed E-state index contributed by atoms with van der Waals surface area (Å²) in [4.78, 5) is 18.1. The SMILES string of the molecule is COC(=O)N1CCO[C@@H](Cc2c(-c3c(F)cc(S(C)=O)cc3F)nc3cc(C)ccn23)C1. The molecule has 4 rings (SSSR count). The lowest BCUT2D eigenvalue weighted by Crippen LogP contribution is -2.46. The monoisotopic (exact) mass is 463 g/mol. The Morgan fingerprint density at radius 1 is 1.31 bits per heavy atom. The number of aryl methyl sites for hydroxylation is 1. The highest BCUT2D eigenvalue weighted by Crippen LogP contribution is 2.32. The molecule has 1 aromatic carbocycles. The van der Waals surface area contributed by atoms with Crippen LogP contribution in [0.1, 0.15) is 11.3 Å². The van der Waals surface area contributed by atoms with Gasteiger partial charge in [0.05, 0.1) is 43.3 Å². The highest BCUT2D eigenvalue weighted by molar-refractivity contribution is 7.84. The molecule has 1 saturated heterocycles. The molecule has 2 aromatic heterocycles. The average Bonchev–Trinajstić information content (AvgIpc) is 3.09. The molecule has 0 radical (unpaired) electrons. The number of carbonyl (C=O) groups excluding carboxylic acids is 1. The van der Waals surface area contributed by atoms with E-state index in [0.29, 0.717) is 24.5 Å². The van der Waals surface area contributed by atoms with Crippen molar-refractivity contribution in [2.75, 3.05) is 33.1 Å². The van der Waals surface area contributed by atoms with E-state index in [1.807, 2.05) is 19.1 Å². The third kappa shape index (κ3) is 4.24. The van der Waals surface area contributed by atoms with E-state index in [0.717, 1.165) is 17.7 Å². The number of imidazole rings is 1. The fraction of sp³-hybridized carbons (Fsp3) is 0.364. The van der Waals surface area contributed by atoms with Gasteiger partial charge >= 0.3 is 6.09 Å². The molecule has 3 heterocycles. The first-order valence-corrected chi connectivity index (χ1v) is 11.6. The summed E-state index contributed by atoms with van der Waals surface area (Å²) in [6.45, 7) is 2.91. The molecule has 1 amide bonds. The Kier molecular flexibility index (Phi) is 6.25. The van der Waals surface area contributed by atoms with Crippen LogP contribution in [0, 0.1) is 18.6 Å². The highest BCUT2D eigenvalue weighted by atomic mass is 32.2. The average molecular weight is 464 g/mol. The number of rotatable bonds is 4. The summed E-state index contributed by atoms with van der Waals surface area (Å²) < 4.78 is 54.1. The van der Waals surface area contributed by atoms with Crippen LogP contribution in [0.4, 0.5) is 13.6 Å². The molecular weight excluding hydrogens is 440 g/mol. The molecule has 1 fully saturated rings. The van der Waals surface area contributed by atoms with Crippen molar-refractivity contribution in [1.29, 1.82) is 0 Å². The van der Waals surface area contributed by atoms with Crippen molar-refractivity contribution < 1.29 is 27.3 Å². The molecular formula is C22H23F2N3O4S. The van der Waals surface area contributed by atoms with Gasteiger partial charge in [0.15, 0.2) is 0 Å². The van der Waals surface area contributed by atoms with E-state index in [4.69, 9.17) is 9.47 Å². The van der Waals surface area contributed by atoms with Crippen LogP contribution in [-0.2, 0) is 26.7 Å². The lowest BCUT2D eigenvalue weighted by Gasteiger charge is -2.32. The van der Waals surface area contributed by atoms with Gasteiger partial charge in [-0.1, -0.05) is 0 Å². The summed E-state index contributed by atoms with van der Waals surface area (Å²) in [5, 5.41) is 0. The Hall–Kier alpha value is -2.85. The molecule has 2 atom stereocenters. The zero-order chi connectivity index (χ0) is 23.0. The molecule has 0 bridgehead atoms. The van der Waals surface area contributed by atoms with Crippen molar-refractivity contribution >= 4 is 22.5 Å². The van der Waals surface area contributed by atoms with E-state index in [1.165, 1.54) is 18.3 Å². The maximum Gasteiger partial charge on any atom is 0.409 e. The number of amides is 1. The Labute approximate surface area is 186 Å². The molecule has 32 heavy (non-hydrogen) atoms. The Morgan fingerprint density at radius 2 is 2.03 bits per heavy atom. The normalized spacial score (nSPS) is 17.5. The van der Waals surface area contributed by atoms with E-state index in [-0.39, 0.29) is 29.1 Å². The van der Waals surface area contributed by atoms with Gasteiger partial charge in [0.25, 0.3) is 0 Å². The Bertz CT molecular complexity index is 1190. The van der Waals surface area contributed by atoms with E-state index < -0.39 is 34.6 Å². The van der Waals surface area contributed by atoms with Gasteiger partial charge in [0.2, 0.25) is 0 Å². The standard InChI is InChI=1S/C22H23F2N3O4S/c1-13-4-5-27-18(9-14-12-26(6-7-31-14)22(28)30-2)21(25-19(27)8-13)20-16(23)10-15(32(3)29)11-17(20)24/h4-5,8,10-11,14H,6-7,9,12H2,1-3H3/t14-,32?/m0/s1. The van der Waals surface area contributed by atoms with Crippen molar-refractivity contribution in [2.24, 2.45) is 0 Å². The number of morpholine rings is 1. The van der Waals surface area contributed by atoms with Crippen LogP contribution in [-0.4, -0.2) is 63.8 Å². The number of nitrogens with zero attached hydrogens (tertiary/aromatic N) is 3. The minimum Gasteiger partial charge on any atom is -0.453 e. The lowest BCUT2D eigenvalue weighted by atomic mass is 10.0. The highest BCUT2D eigenvalue weighted by Gasteiger charge is 2.29. The predicted molar refractivity (Wildman–Crippen MR) is 115 cm³/mol. The first-order chi connectivity index (χ1) is 15.3. The maximum absolute atomic E-state index is 15.0. The molecule has 7 nitrogen and oxygen atoms in total. The number of benzene rings is 1. The smallest absolute Gasteiger partial charge is 0.409 e. The summed E-state index contributed by atoms with van der Waals surface area (Å²) in [5.74, 6) is -1.67. The summed E-state index contributed by atoms with van der Waals surface area (Å²) in [5.41, 5.74) is 1.91. The zero-order valence-corrected chi connectivity index (χ0v) is 18.7. The van der Waals surface area contributed by atoms with E-state index in [1.54, 1.807) is 10.6 Å². The van der Waals surface area contributed by atoms with Gasteiger partial charge in [0.1, 0.15) is 17.3 Å². The predicted octanol–water partition coefficient (Wildman–Crippen LogP) is 3.34. The van der Waals surface area contributed by atoms with Crippen LogP contribution in [0.3, 0.4) is 0 Å². The van der Waals surface area contributed by atoms with Crippen molar-refractivity contribution in [3.63, 3.8) is 0 Å². The third-order valence-electron chi connectivity index (χ3n) is 5.46. The Morgan fingerprint density at radius 3 is 2.69 bits per heavy atom. The quantitative estimate of drug-likeness (QED) is 0.594. The van der Waals surface area contributed by atoms with Crippen molar-refractivity contribution in [3.05, 3.63) is 53.4 Å². The zero-order valence-electron chi connectivity index (χ0n) is 17.9. The minimum absolute atomic E-state index is 0.0641. The molecule has 1 aliphatic rings. The summed E-state index contributed by atoms with van der Waals surface area (Å²) in [6.07, 6.45) is 2.57. The molecule has 0 aliphatic carbocycles. The number of methoxy groups -OCH3 is 1. The molecule has 3 aromatic rings. The second-order valence-electron chi connectivity index (χ2n) is 7.67. The van der Waals surface area contributed by atoms with Gasteiger partial charge in [-0.3, -0.25) is 4.21 Å². The molecule has 0 saturated carbocycles. The number of halogens is 2. The molecule has 10 heteroatoms.